The quantitative estimate of drug-likeness (QED) is 0.449. The van der Waals surface area contributed by atoms with Gasteiger partial charge in [0.2, 0.25) is 0 Å². The third-order valence-electron chi connectivity index (χ3n) is 3.24. The van der Waals surface area contributed by atoms with E-state index < -0.39 is 0 Å². The van der Waals surface area contributed by atoms with Crippen LogP contribution in [-0.2, 0) is 9.53 Å². The summed E-state index contributed by atoms with van der Waals surface area (Å²) < 4.78 is 4.92. The molecule has 0 saturated heterocycles. The Hall–Kier alpha value is -1.35. The third kappa shape index (κ3) is 3.30. The van der Waals surface area contributed by atoms with Gasteiger partial charge in [-0.1, -0.05) is 18.7 Å². The summed E-state index contributed by atoms with van der Waals surface area (Å²) in [7, 11) is 0. The first-order valence-corrected chi connectivity index (χ1v) is 6.20. The molecule has 1 saturated carbocycles. The second-order valence-corrected chi connectivity index (χ2v) is 4.47. The molecular formula is C14H19NO2. The van der Waals surface area contributed by atoms with Crippen LogP contribution < -0.4 is 5.32 Å². The van der Waals surface area contributed by atoms with E-state index in [4.69, 9.17) is 4.74 Å². The molecule has 0 spiro atoms. The van der Waals surface area contributed by atoms with E-state index in [0.29, 0.717) is 19.2 Å². The van der Waals surface area contributed by atoms with E-state index in [1.165, 1.54) is 30.1 Å². The first-order valence-electron chi connectivity index (χ1n) is 6.20. The van der Waals surface area contributed by atoms with Crippen molar-refractivity contribution in [1.29, 1.82) is 0 Å². The first-order chi connectivity index (χ1) is 8.29. The van der Waals surface area contributed by atoms with Crippen LogP contribution in [0, 0.1) is 0 Å². The predicted molar refractivity (Wildman–Crippen MR) is 67.6 cm³/mol. The molecule has 2 rings (SSSR count). The van der Waals surface area contributed by atoms with Gasteiger partial charge in [0.1, 0.15) is 6.61 Å². The standard InChI is InChI=1S/C14H19NO2/c1-2-14(16)17-8-7-15-13-9-11-5-3-4-6-12(11)10-13/h2,5-6,13,15H,1,3-4,7-10H2. The van der Waals surface area contributed by atoms with E-state index in [2.05, 4.69) is 24.0 Å². The number of ether oxygens (including phenoxy) is 1. The minimum absolute atomic E-state index is 0.350. The zero-order valence-electron chi connectivity index (χ0n) is 10.1. The lowest BCUT2D eigenvalue weighted by molar-refractivity contribution is -0.137. The van der Waals surface area contributed by atoms with Crippen molar-refractivity contribution in [2.24, 2.45) is 0 Å². The zero-order valence-corrected chi connectivity index (χ0v) is 10.1. The van der Waals surface area contributed by atoms with Crippen LogP contribution in [0.5, 0.6) is 0 Å². The molecule has 0 unspecified atom stereocenters. The number of hydrogen-bond acceptors (Lipinski definition) is 3. The van der Waals surface area contributed by atoms with Crippen LogP contribution in [0.3, 0.4) is 0 Å². The molecule has 0 aromatic heterocycles. The van der Waals surface area contributed by atoms with Crippen molar-refractivity contribution >= 4 is 5.97 Å². The predicted octanol–water partition coefficient (Wildman–Crippen LogP) is 2.11. The third-order valence-corrected chi connectivity index (χ3v) is 3.24. The second kappa shape index (κ2) is 5.82. The molecule has 0 aromatic carbocycles. The van der Waals surface area contributed by atoms with E-state index in [1.807, 2.05) is 0 Å². The van der Waals surface area contributed by atoms with E-state index in [0.717, 1.165) is 12.8 Å². The van der Waals surface area contributed by atoms with Crippen LogP contribution in [0.25, 0.3) is 0 Å². The SMILES string of the molecule is C=CC(=O)OCCNC1CC2=CCCC=C2C1. The smallest absolute Gasteiger partial charge is 0.330 e. The summed E-state index contributed by atoms with van der Waals surface area (Å²) in [4.78, 5) is 10.8. The van der Waals surface area contributed by atoms with E-state index >= 15 is 0 Å². The number of fused-ring (bicyclic) bond motifs is 1. The molecule has 0 bridgehead atoms. The molecule has 3 nitrogen and oxygen atoms in total. The molecular weight excluding hydrogens is 214 g/mol. The van der Waals surface area contributed by atoms with Gasteiger partial charge in [-0.25, -0.2) is 4.79 Å². The van der Waals surface area contributed by atoms with Crippen LogP contribution >= 0.6 is 0 Å². The normalized spacial score (nSPS) is 19.3. The van der Waals surface area contributed by atoms with Crippen LogP contribution in [0.15, 0.2) is 36.0 Å². The van der Waals surface area contributed by atoms with Gasteiger partial charge in [0.25, 0.3) is 0 Å². The highest BCUT2D eigenvalue weighted by atomic mass is 16.5. The largest absolute Gasteiger partial charge is 0.461 e. The highest BCUT2D eigenvalue weighted by Gasteiger charge is 2.24. The van der Waals surface area contributed by atoms with Gasteiger partial charge in [0.15, 0.2) is 0 Å². The van der Waals surface area contributed by atoms with Gasteiger partial charge < -0.3 is 10.1 Å². The number of carbonyl (C=O) groups excluding carboxylic acids is 1. The molecule has 2 aliphatic rings. The molecule has 0 atom stereocenters. The average Bonchev–Trinajstić information content (AvgIpc) is 2.76. The number of hydrogen-bond donors (Lipinski definition) is 1. The molecule has 2 aliphatic carbocycles. The fraction of sp³-hybridized carbons (Fsp3) is 0.500. The fourth-order valence-electron chi connectivity index (χ4n) is 2.43. The lowest BCUT2D eigenvalue weighted by Crippen LogP contribution is -2.30. The Morgan fingerprint density at radius 1 is 1.41 bits per heavy atom. The average molecular weight is 233 g/mol. The van der Waals surface area contributed by atoms with E-state index in [9.17, 15) is 4.79 Å². The first kappa shape index (κ1) is 12.1. The molecule has 1 N–H and O–H groups in total. The highest BCUT2D eigenvalue weighted by molar-refractivity contribution is 5.81. The summed E-state index contributed by atoms with van der Waals surface area (Å²) in [5.41, 5.74) is 3.02. The summed E-state index contributed by atoms with van der Waals surface area (Å²) in [5, 5.41) is 3.42. The molecule has 1 fully saturated rings. The Morgan fingerprint density at radius 3 is 2.65 bits per heavy atom. The summed E-state index contributed by atoms with van der Waals surface area (Å²) in [5.74, 6) is -0.350. The Bertz CT molecular complexity index is 346. The molecule has 3 heteroatoms. The Kier molecular flexibility index (Phi) is 4.15. The molecule has 17 heavy (non-hydrogen) atoms. The van der Waals surface area contributed by atoms with Crippen LogP contribution in [-0.4, -0.2) is 25.2 Å². The van der Waals surface area contributed by atoms with Crippen molar-refractivity contribution in [3.05, 3.63) is 36.0 Å². The maximum atomic E-state index is 10.8. The minimum atomic E-state index is -0.350. The van der Waals surface area contributed by atoms with E-state index in [-0.39, 0.29) is 5.97 Å². The van der Waals surface area contributed by atoms with Crippen molar-refractivity contribution in [2.75, 3.05) is 13.2 Å². The number of carbonyl (C=O) groups is 1. The van der Waals surface area contributed by atoms with Crippen molar-refractivity contribution < 1.29 is 9.53 Å². The van der Waals surface area contributed by atoms with Gasteiger partial charge in [0.05, 0.1) is 0 Å². The van der Waals surface area contributed by atoms with E-state index in [1.54, 1.807) is 0 Å². The van der Waals surface area contributed by atoms with Gasteiger partial charge in [0, 0.05) is 18.7 Å². The molecule has 92 valence electrons. The summed E-state index contributed by atoms with van der Waals surface area (Å²) in [6.07, 6.45) is 10.5. The molecule has 0 radical (unpaired) electrons. The molecule has 0 amide bonds. The Labute approximate surface area is 102 Å². The van der Waals surface area contributed by atoms with Gasteiger partial charge >= 0.3 is 5.97 Å². The lowest BCUT2D eigenvalue weighted by Gasteiger charge is -2.10. The van der Waals surface area contributed by atoms with Crippen molar-refractivity contribution in [2.45, 2.75) is 31.7 Å². The minimum Gasteiger partial charge on any atom is -0.461 e. The number of esters is 1. The fourth-order valence-corrected chi connectivity index (χ4v) is 2.43. The number of rotatable bonds is 5. The molecule has 0 aliphatic heterocycles. The van der Waals surface area contributed by atoms with Gasteiger partial charge in [-0.2, -0.15) is 0 Å². The zero-order chi connectivity index (χ0) is 12.1. The maximum absolute atomic E-state index is 10.8. The van der Waals surface area contributed by atoms with Crippen LogP contribution in [0.4, 0.5) is 0 Å². The number of allylic oxidation sites excluding steroid dienone is 2. The monoisotopic (exact) mass is 233 g/mol. The Balaban J connectivity index is 1.68. The van der Waals surface area contributed by atoms with Crippen LogP contribution in [0.2, 0.25) is 0 Å². The topological polar surface area (TPSA) is 38.3 Å². The summed E-state index contributed by atoms with van der Waals surface area (Å²) >= 11 is 0. The maximum Gasteiger partial charge on any atom is 0.330 e. The van der Waals surface area contributed by atoms with Crippen molar-refractivity contribution in [1.82, 2.24) is 5.32 Å². The van der Waals surface area contributed by atoms with Gasteiger partial charge in [-0.15, -0.1) is 0 Å². The molecule has 0 heterocycles. The summed E-state index contributed by atoms with van der Waals surface area (Å²) in [6.45, 7) is 4.49. The molecule has 0 aromatic rings. The number of nitrogens with one attached hydrogen (secondary N) is 1. The second-order valence-electron chi connectivity index (χ2n) is 4.47. The highest BCUT2D eigenvalue weighted by Crippen LogP contribution is 2.34. The van der Waals surface area contributed by atoms with Gasteiger partial charge in [-0.3, -0.25) is 0 Å². The van der Waals surface area contributed by atoms with Crippen molar-refractivity contribution in [3.63, 3.8) is 0 Å². The van der Waals surface area contributed by atoms with Gasteiger partial charge in [-0.05, 0) is 36.8 Å². The van der Waals surface area contributed by atoms with Crippen molar-refractivity contribution in [3.8, 4) is 0 Å². The summed E-state index contributed by atoms with van der Waals surface area (Å²) in [6, 6.07) is 0.507. The lowest BCUT2D eigenvalue weighted by atomic mass is 10.0. The Morgan fingerprint density at radius 2 is 2.06 bits per heavy atom. The van der Waals surface area contributed by atoms with Crippen LogP contribution in [0.1, 0.15) is 25.7 Å².